The van der Waals surface area contributed by atoms with Crippen LogP contribution in [0, 0.1) is 6.92 Å². The monoisotopic (exact) mass is 349 g/mol. The number of hydrogen-bond acceptors (Lipinski definition) is 3. The third kappa shape index (κ3) is 3.47. The van der Waals surface area contributed by atoms with Crippen molar-refractivity contribution in [3.63, 3.8) is 0 Å². The number of hydrogen-bond donors (Lipinski definition) is 0. The fourth-order valence-corrected chi connectivity index (χ4v) is 2.57. The fourth-order valence-electron chi connectivity index (χ4n) is 2.57. The van der Waals surface area contributed by atoms with E-state index < -0.39 is 23.7 Å². The third-order valence-corrected chi connectivity index (χ3v) is 3.79. The zero-order valence-electron chi connectivity index (χ0n) is 13.2. The lowest BCUT2D eigenvalue weighted by Crippen LogP contribution is -2.33. The summed E-state index contributed by atoms with van der Waals surface area (Å²) in [6, 6.07) is 8.97. The van der Waals surface area contributed by atoms with Crippen LogP contribution in [-0.2, 0) is 17.5 Å². The molecule has 0 spiro atoms. The Hall–Kier alpha value is -2.90. The number of aromatic nitrogens is 1. The van der Waals surface area contributed by atoms with Gasteiger partial charge >= 0.3 is 12.2 Å². The predicted molar refractivity (Wildman–Crippen MR) is 83.7 cm³/mol. The van der Waals surface area contributed by atoms with Crippen molar-refractivity contribution in [2.45, 2.75) is 19.6 Å². The van der Waals surface area contributed by atoms with Gasteiger partial charge in [0.15, 0.2) is 0 Å². The standard InChI is InChI=1S/C17H14F3N3O2/c1-11-3-2-4-14(21-11)23-15(24)10-22(16(23)25)9-12-5-7-13(8-6-12)17(18,19)20/h2-8H,9-10H2,1H3. The molecule has 1 aromatic heterocycles. The van der Waals surface area contributed by atoms with Crippen LogP contribution in [0.15, 0.2) is 42.5 Å². The van der Waals surface area contributed by atoms with Gasteiger partial charge in [-0.25, -0.2) is 14.7 Å². The van der Waals surface area contributed by atoms with Gasteiger partial charge in [0.2, 0.25) is 0 Å². The van der Waals surface area contributed by atoms with Crippen LogP contribution in [0.2, 0.25) is 0 Å². The summed E-state index contributed by atoms with van der Waals surface area (Å²) in [6.07, 6.45) is -4.41. The van der Waals surface area contributed by atoms with Gasteiger partial charge in [0.25, 0.3) is 5.91 Å². The molecular weight excluding hydrogens is 335 g/mol. The van der Waals surface area contributed by atoms with Crippen molar-refractivity contribution in [1.82, 2.24) is 9.88 Å². The van der Waals surface area contributed by atoms with Crippen LogP contribution in [0.5, 0.6) is 0 Å². The number of nitrogens with zero attached hydrogens (tertiary/aromatic N) is 3. The number of carbonyl (C=O) groups is 2. The first-order valence-corrected chi connectivity index (χ1v) is 7.47. The molecule has 2 heterocycles. The van der Waals surface area contributed by atoms with Crippen LogP contribution >= 0.6 is 0 Å². The number of benzene rings is 1. The number of carbonyl (C=O) groups excluding carboxylic acids is 2. The molecule has 0 N–H and O–H groups in total. The smallest absolute Gasteiger partial charge is 0.310 e. The van der Waals surface area contributed by atoms with Gasteiger partial charge in [-0.2, -0.15) is 13.2 Å². The molecule has 0 radical (unpaired) electrons. The molecule has 2 aromatic rings. The van der Waals surface area contributed by atoms with Crippen molar-refractivity contribution in [2.75, 3.05) is 11.4 Å². The molecule has 1 aliphatic heterocycles. The first-order chi connectivity index (χ1) is 11.8. The van der Waals surface area contributed by atoms with E-state index in [-0.39, 0.29) is 18.9 Å². The molecule has 5 nitrogen and oxygen atoms in total. The molecule has 0 aliphatic carbocycles. The highest BCUT2D eigenvalue weighted by atomic mass is 19.4. The predicted octanol–water partition coefficient (Wildman–Crippen LogP) is 3.38. The van der Waals surface area contributed by atoms with Gasteiger partial charge < -0.3 is 4.90 Å². The quantitative estimate of drug-likeness (QED) is 0.799. The minimum absolute atomic E-state index is 0.0467. The summed E-state index contributed by atoms with van der Waals surface area (Å²) in [5, 5.41) is 0. The summed E-state index contributed by atoms with van der Waals surface area (Å²) in [4.78, 5) is 31.1. The topological polar surface area (TPSA) is 53.5 Å². The Balaban J connectivity index is 1.76. The highest BCUT2D eigenvalue weighted by Gasteiger charge is 2.38. The van der Waals surface area contributed by atoms with Crippen molar-refractivity contribution in [1.29, 1.82) is 0 Å². The zero-order valence-corrected chi connectivity index (χ0v) is 13.2. The maximum atomic E-state index is 12.6. The van der Waals surface area contributed by atoms with Gasteiger partial charge in [-0.3, -0.25) is 4.79 Å². The highest BCUT2D eigenvalue weighted by Crippen LogP contribution is 2.29. The van der Waals surface area contributed by atoms with Crippen molar-refractivity contribution < 1.29 is 22.8 Å². The van der Waals surface area contributed by atoms with Gasteiger partial charge in [0.05, 0.1) is 5.56 Å². The summed E-state index contributed by atoms with van der Waals surface area (Å²) < 4.78 is 37.8. The fraction of sp³-hybridized carbons (Fsp3) is 0.235. The van der Waals surface area contributed by atoms with Crippen LogP contribution in [-0.4, -0.2) is 28.4 Å². The van der Waals surface area contributed by atoms with Crippen LogP contribution < -0.4 is 4.90 Å². The van der Waals surface area contributed by atoms with Crippen LogP contribution in [0.25, 0.3) is 0 Å². The molecule has 1 aliphatic rings. The molecule has 8 heteroatoms. The van der Waals surface area contributed by atoms with E-state index in [1.807, 2.05) is 0 Å². The van der Waals surface area contributed by atoms with Gasteiger partial charge in [-0.15, -0.1) is 0 Å². The summed E-state index contributed by atoms with van der Waals surface area (Å²) >= 11 is 0. The van der Waals surface area contributed by atoms with Gasteiger partial charge in [0, 0.05) is 12.2 Å². The number of anilines is 1. The normalized spacial score (nSPS) is 15.2. The second-order valence-corrected chi connectivity index (χ2v) is 5.70. The lowest BCUT2D eigenvalue weighted by molar-refractivity contribution is -0.137. The molecule has 0 atom stereocenters. The Kier molecular flexibility index (Phi) is 4.20. The second kappa shape index (κ2) is 6.19. The number of alkyl halides is 3. The molecule has 3 rings (SSSR count). The summed E-state index contributed by atoms with van der Waals surface area (Å²) in [6.45, 7) is 1.65. The van der Waals surface area contributed by atoms with E-state index in [0.717, 1.165) is 17.0 Å². The number of amides is 3. The SMILES string of the molecule is Cc1cccc(N2C(=O)CN(Cc3ccc(C(F)(F)F)cc3)C2=O)n1. The number of rotatable bonds is 3. The zero-order chi connectivity index (χ0) is 18.2. The third-order valence-electron chi connectivity index (χ3n) is 3.79. The molecule has 1 aromatic carbocycles. The lowest BCUT2D eigenvalue weighted by Gasteiger charge is -2.17. The maximum absolute atomic E-state index is 12.6. The number of imide groups is 1. The Morgan fingerprint density at radius 3 is 2.36 bits per heavy atom. The molecule has 3 amide bonds. The highest BCUT2D eigenvalue weighted by molar-refractivity contribution is 6.19. The summed E-state index contributed by atoms with van der Waals surface area (Å²) in [5.41, 5.74) is 0.415. The van der Waals surface area contributed by atoms with Gasteiger partial charge in [-0.05, 0) is 36.8 Å². The average molecular weight is 349 g/mol. The Labute approximate surface area is 141 Å². The number of urea groups is 1. The maximum Gasteiger partial charge on any atom is 0.416 e. The largest absolute Gasteiger partial charge is 0.416 e. The van der Waals surface area contributed by atoms with E-state index in [2.05, 4.69) is 4.98 Å². The molecule has 1 fully saturated rings. The average Bonchev–Trinajstić information content (AvgIpc) is 2.81. The molecule has 130 valence electrons. The van der Waals surface area contributed by atoms with Crippen LogP contribution in [0.1, 0.15) is 16.8 Å². The molecule has 0 saturated carbocycles. The van der Waals surface area contributed by atoms with Crippen LogP contribution in [0.3, 0.4) is 0 Å². The molecule has 1 saturated heterocycles. The van der Waals surface area contributed by atoms with E-state index in [4.69, 9.17) is 0 Å². The molecule has 0 bridgehead atoms. The van der Waals surface area contributed by atoms with E-state index in [1.165, 1.54) is 17.0 Å². The van der Waals surface area contributed by atoms with E-state index in [9.17, 15) is 22.8 Å². The molecule has 0 unspecified atom stereocenters. The van der Waals surface area contributed by atoms with E-state index >= 15 is 0 Å². The molecule has 25 heavy (non-hydrogen) atoms. The van der Waals surface area contributed by atoms with Gasteiger partial charge in [-0.1, -0.05) is 18.2 Å². The first kappa shape index (κ1) is 16.9. The van der Waals surface area contributed by atoms with Crippen molar-refractivity contribution in [3.8, 4) is 0 Å². The van der Waals surface area contributed by atoms with Crippen molar-refractivity contribution in [2.24, 2.45) is 0 Å². The van der Waals surface area contributed by atoms with E-state index in [0.29, 0.717) is 11.3 Å². The van der Waals surface area contributed by atoms with Crippen molar-refractivity contribution in [3.05, 3.63) is 59.3 Å². The van der Waals surface area contributed by atoms with Crippen molar-refractivity contribution >= 4 is 17.8 Å². The number of halogens is 3. The van der Waals surface area contributed by atoms with E-state index in [1.54, 1.807) is 25.1 Å². The van der Waals surface area contributed by atoms with Crippen LogP contribution in [0.4, 0.5) is 23.8 Å². The summed E-state index contributed by atoms with van der Waals surface area (Å²) in [7, 11) is 0. The molecular formula is C17H14F3N3O2. The lowest BCUT2D eigenvalue weighted by atomic mass is 10.1. The second-order valence-electron chi connectivity index (χ2n) is 5.70. The van der Waals surface area contributed by atoms with Gasteiger partial charge in [0.1, 0.15) is 12.4 Å². The Morgan fingerprint density at radius 2 is 1.76 bits per heavy atom. The minimum Gasteiger partial charge on any atom is -0.310 e. The number of aryl methyl sites for hydroxylation is 1. The first-order valence-electron chi connectivity index (χ1n) is 7.47. The number of pyridine rings is 1. The summed E-state index contributed by atoms with van der Waals surface area (Å²) in [5.74, 6) is -0.181. The Morgan fingerprint density at radius 1 is 1.08 bits per heavy atom. The minimum atomic E-state index is -4.41. The Bertz CT molecular complexity index is 819.